The minimum atomic E-state index is -1.85. The fraction of sp³-hybridized carbons (Fsp3) is 0.667. The molecular formula is C3H6O3S. The van der Waals surface area contributed by atoms with E-state index < -0.39 is 11.5 Å². The molecule has 1 unspecified atom stereocenters. The van der Waals surface area contributed by atoms with E-state index in [1.54, 1.807) is 0 Å². The standard InChI is InChI=1S/C3H6O3S/c4-1-3(6,7)2-5/h1,5-7H,2H2. The lowest BCUT2D eigenvalue weighted by molar-refractivity contribution is -0.118. The van der Waals surface area contributed by atoms with Gasteiger partial charge in [-0.1, -0.05) is 0 Å². The summed E-state index contributed by atoms with van der Waals surface area (Å²) in [6.45, 7) is -0.653. The zero-order chi connectivity index (χ0) is 5.91. The summed E-state index contributed by atoms with van der Waals surface area (Å²) in [4.78, 5) is 7.72. The van der Waals surface area contributed by atoms with Crippen molar-refractivity contribution in [3.63, 3.8) is 0 Å². The molecule has 0 aromatic rings. The minimum Gasteiger partial charge on any atom is -0.392 e. The maximum atomic E-state index is 9.57. The molecule has 2 N–H and O–H groups in total. The van der Waals surface area contributed by atoms with Gasteiger partial charge in [0.25, 0.3) is 0 Å². The molecule has 0 spiro atoms. The third-order valence-corrected chi connectivity index (χ3v) is 0.668. The second kappa shape index (κ2) is 2.30. The van der Waals surface area contributed by atoms with E-state index in [9.17, 15) is 4.79 Å². The van der Waals surface area contributed by atoms with Crippen LogP contribution in [0.1, 0.15) is 0 Å². The lowest BCUT2D eigenvalue weighted by Crippen LogP contribution is -2.27. The summed E-state index contributed by atoms with van der Waals surface area (Å²) in [6, 6.07) is 0. The normalized spacial score (nSPS) is 18.1. The summed E-state index contributed by atoms with van der Waals surface area (Å²) in [5.74, 6) is 0. The van der Waals surface area contributed by atoms with Crippen LogP contribution in [0.3, 0.4) is 0 Å². The first-order valence-electron chi connectivity index (χ1n) is 1.64. The number of thiol groups is 1. The number of aliphatic hydroxyl groups excluding tert-OH is 1. The molecule has 7 heavy (non-hydrogen) atoms. The molecular weight excluding hydrogens is 116 g/mol. The molecule has 4 heteroatoms. The Morgan fingerprint density at radius 2 is 2.29 bits per heavy atom. The summed E-state index contributed by atoms with van der Waals surface area (Å²) in [6.07, 6.45) is 0.163. The van der Waals surface area contributed by atoms with Crippen LogP contribution in [0.4, 0.5) is 0 Å². The second-order valence-electron chi connectivity index (χ2n) is 1.15. The molecule has 0 aliphatic rings. The van der Waals surface area contributed by atoms with Gasteiger partial charge in [0.2, 0.25) is 0 Å². The first kappa shape index (κ1) is 6.94. The number of hydrogen-bond acceptors (Lipinski definition) is 4. The highest BCUT2D eigenvalue weighted by Crippen LogP contribution is 2.01. The van der Waals surface area contributed by atoms with Crippen LogP contribution >= 0.6 is 12.6 Å². The second-order valence-corrected chi connectivity index (χ2v) is 1.93. The molecule has 0 radical (unpaired) electrons. The number of rotatable bonds is 2. The molecule has 0 amide bonds. The Hall–Kier alpha value is -0.0600. The zero-order valence-electron chi connectivity index (χ0n) is 3.53. The summed E-state index contributed by atoms with van der Waals surface area (Å²) in [7, 11) is 0. The molecule has 3 nitrogen and oxygen atoms in total. The van der Waals surface area contributed by atoms with Gasteiger partial charge in [0, 0.05) is 0 Å². The predicted octanol–water partition coefficient (Wildman–Crippen LogP) is -1.20. The first-order valence-corrected chi connectivity index (χ1v) is 2.09. The van der Waals surface area contributed by atoms with Crippen molar-refractivity contribution >= 4 is 18.9 Å². The topological polar surface area (TPSA) is 57.5 Å². The van der Waals surface area contributed by atoms with E-state index in [1.807, 2.05) is 0 Å². The van der Waals surface area contributed by atoms with Crippen molar-refractivity contribution in [2.45, 2.75) is 4.93 Å². The van der Waals surface area contributed by atoms with Gasteiger partial charge in [-0.2, -0.15) is 0 Å². The van der Waals surface area contributed by atoms with E-state index in [2.05, 4.69) is 12.6 Å². The molecule has 0 fully saturated rings. The number of aliphatic hydroxyl groups is 2. The average Bonchev–Trinajstić information content (AvgIpc) is 1.68. The van der Waals surface area contributed by atoms with Gasteiger partial charge in [-0.15, -0.1) is 12.6 Å². The van der Waals surface area contributed by atoms with Crippen molar-refractivity contribution in [3.8, 4) is 0 Å². The van der Waals surface area contributed by atoms with Gasteiger partial charge in [-0.25, -0.2) is 0 Å². The summed E-state index contributed by atoms with van der Waals surface area (Å²) < 4.78 is 0. The minimum absolute atomic E-state index is 0.163. The highest BCUT2D eigenvalue weighted by molar-refractivity contribution is 7.82. The van der Waals surface area contributed by atoms with Crippen molar-refractivity contribution in [1.29, 1.82) is 0 Å². The summed E-state index contributed by atoms with van der Waals surface area (Å²) in [5.41, 5.74) is 0. The molecule has 0 bridgehead atoms. The summed E-state index contributed by atoms with van der Waals surface area (Å²) >= 11 is 3.32. The monoisotopic (exact) mass is 122 g/mol. The number of aldehydes is 1. The highest BCUT2D eigenvalue weighted by Gasteiger charge is 2.17. The Morgan fingerprint density at radius 1 is 1.86 bits per heavy atom. The SMILES string of the molecule is O=CC(O)(S)CO. The van der Waals surface area contributed by atoms with E-state index in [0.29, 0.717) is 0 Å². The molecule has 0 aromatic carbocycles. The van der Waals surface area contributed by atoms with Crippen LogP contribution in [0, 0.1) is 0 Å². The van der Waals surface area contributed by atoms with Crippen molar-refractivity contribution in [2.75, 3.05) is 6.61 Å². The van der Waals surface area contributed by atoms with E-state index in [1.165, 1.54) is 0 Å². The van der Waals surface area contributed by atoms with Crippen molar-refractivity contribution in [3.05, 3.63) is 0 Å². The van der Waals surface area contributed by atoms with Crippen molar-refractivity contribution in [2.24, 2.45) is 0 Å². The highest BCUT2D eigenvalue weighted by atomic mass is 32.1. The molecule has 42 valence electrons. The Labute approximate surface area is 46.4 Å². The fourth-order valence-electron chi connectivity index (χ4n) is 0.0373. The summed E-state index contributed by atoms with van der Waals surface area (Å²) in [5, 5.41) is 16.4. The lowest BCUT2D eigenvalue weighted by atomic mass is 10.4. The average molecular weight is 122 g/mol. The van der Waals surface area contributed by atoms with Gasteiger partial charge < -0.3 is 10.2 Å². The van der Waals surface area contributed by atoms with E-state index >= 15 is 0 Å². The first-order chi connectivity index (χ1) is 3.12. The Morgan fingerprint density at radius 3 is 2.29 bits per heavy atom. The molecule has 0 heterocycles. The van der Waals surface area contributed by atoms with Crippen LogP contribution in [-0.4, -0.2) is 28.0 Å². The molecule has 0 rings (SSSR count). The van der Waals surface area contributed by atoms with Crippen LogP contribution in [0.5, 0.6) is 0 Å². The Kier molecular flexibility index (Phi) is 2.28. The molecule has 0 saturated carbocycles. The van der Waals surface area contributed by atoms with E-state index in [0.717, 1.165) is 0 Å². The molecule has 0 aromatic heterocycles. The van der Waals surface area contributed by atoms with Gasteiger partial charge >= 0.3 is 0 Å². The van der Waals surface area contributed by atoms with Crippen LogP contribution in [0.2, 0.25) is 0 Å². The number of carbonyl (C=O) groups excluding carboxylic acids is 1. The van der Waals surface area contributed by atoms with Crippen molar-refractivity contribution in [1.82, 2.24) is 0 Å². The van der Waals surface area contributed by atoms with Gasteiger partial charge in [0.1, 0.15) is 0 Å². The Bertz CT molecular complexity index is 70.6. The molecule has 0 saturated heterocycles. The van der Waals surface area contributed by atoms with Crippen LogP contribution < -0.4 is 0 Å². The number of carbonyl (C=O) groups is 1. The third kappa shape index (κ3) is 2.61. The van der Waals surface area contributed by atoms with Gasteiger partial charge in [0.15, 0.2) is 11.2 Å². The van der Waals surface area contributed by atoms with Gasteiger partial charge in [-0.3, -0.25) is 4.79 Å². The largest absolute Gasteiger partial charge is 0.392 e. The van der Waals surface area contributed by atoms with Gasteiger partial charge in [0.05, 0.1) is 6.61 Å². The quantitative estimate of drug-likeness (QED) is 0.245. The van der Waals surface area contributed by atoms with Crippen LogP contribution in [0.25, 0.3) is 0 Å². The lowest BCUT2D eigenvalue weighted by Gasteiger charge is -2.07. The zero-order valence-corrected chi connectivity index (χ0v) is 4.43. The van der Waals surface area contributed by atoms with E-state index in [4.69, 9.17) is 10.2 Å². The molecule has 0 aliphatic carbocycles. The third-order valence-electron chi connectivity index (χ3n) is 0.421. The fourth-order valence-corrected chi connectivity index (χ4v) is 0.0373. The van der Waals surface area contributed by atoms with Gasteiger partial charge in [-0.05, 0) is 0 Å². The van der Waals surface area contributed by atoms with Crippen LogP contribution in [-0.2, 0) is 4.79 Å². The molecule has 0 aliphatic heterocycles. The molecule has 1 atom stereocenters. The van der Waals surface area contributed by atoms with Crippen LogP contribution in [0.15, 0.2) is 0 Å². The predicted molar refractivity (Wildman–Crippen MR) is 27.1 cm³/mol. The number of hydrogen-bond donors (Lipinski definition) is 3. The maximum Gasteiger partial charge on any atom is 0.186 e. The van der Waals surface area contributed by atoms with Crippen molar-refractivity contribution < 1.29 is 15.0 Å². The Balaban J connectivity index is 3.58. The maximum absolute atomic E-state index is 9.57. The smallest absolute Gasteiger partial charge is 0.186 e. The van der Waals surface area contributed by atoms with E-state index in [-0.39, 0.29) is 6.29 Å².